The van der Waals surface area contributed by atoms with Gasteiger partial charge in [0.05, 0.1) is 5.41 Å². The Morgan fingerprint density at radius 2 is 1.90 bits per heavy atom. The summed E-state index contributed by atoms with van der Waals surface area (Å²) in [7, 11) is 0. The number of hydrogen-bond donors (Lipinski definition) is 3. The SMILES string of the molecule is CCC(=O)Nc1ccc(C)c(NC(=O)C(C)(C)CN)c1. The second-order valence-electron chi connectivity index (χ2n) is 5.47. The van der Waals surface area contributed by atoms with Crippen LogP contribution in [0.4, 0.5) is 11.4 Å². The van der Waals surface area contributed by atoms with Crippen molar-refractivity contribution < 1.29 is 9.59 Å². The van der Waals surface area contributed by atoms with Gasteiger partial charge in [-0.3, -0.25) is 9.59 Å². The largest absolute Gasteiger partial charge is 0.329 e. The third kappa shape index (κ3) is 4.06. The van der Waals surface area contributed by atoms with Crippen LogP contribution in [0.1, 0.15) is 32.8 Å². The summed E-state index contributed by atoms with van der Waals surface area (Å²) < 4.78 is 0. The van der Waals surface area contributed by atoms with E-state index in [4.69, 9.17) is 5.73 Å². The number of aryl methyl sites for hydroxylation is 1. The van der Waals surface area contributed by atoms with Crippen LogP contribution in [0.5, 0.6) is 0 Å². The molecule has 0 saturated heterocycles. The van der Waals surface area contributed by atoms with Gasteiger partial charge in [0.1, 0.15) is 0 Å². The van der Waals surface area contributed by atoms with Crippen LogP contribution in [0.15, 0.2) is 18.2 Å². The van der Waals surface area contributed by atoms with Gasteiger partial charge < -0.3 is 16.4 Å². The lowest BCUT2D eigenvalue weighted by atomic mass is 9.92. The van der Waals surface area contributed by atoms with E-state index in [1.807, 2.05) is 19.1 Å². The number of nitrogens with one attached hydrogen (secondary N) is 2. The maximum absolute atomic E-state index is 12.1. The summed E-state index contributed by atoms with van der Waals surface area (Å²) in [5.41, 5.74) is 7.25. The molecule has 5 nitrogen and oxygen atoms in total. The molecule has 0 unspecified atom stereocenters. The summed E-state index contributed by atoms with van der Waals surface area (Å²) in [5.74, 6) is -0.199. The van der Waals surface area contributed by atoms with Crippen LogP contribution >= 0.6 is 0 Å². The Bertz CT molecular complexity index is 510. The van der Waals surface area contributed by atoms with E-state index in [0.717, 1.165) is 5.56 Å². The average Bonchev–Trinajstić information content (AvgIpc) is 2.42. The molecule has 1 aromatic rings. The van der Waals surface area contributed by atoms with Crippen molar-refractivity contribution in [1.29, 1.82) is 0 Å². The number of carbonyl (C=O) groups excluding carboxylic acids is 2. The van der Waals surface area contributed by atoms with Crippen molar-refractivity contribution in [3.8, 4) is 0 Å². The summed E-state index contributed by atoms with van der Waals surface area (Å²) >= 11 is 0. The van der Waals surface area contributed by atoms with Crippen molar-refractivity contribution in [2.75, 3.05) is 17.2 Å². The molecular formula is C15H23N3O2. The lowest BCUT2D eigenvalue weighted by Crippen LogP contribution is -2.37. The quantitative estimate of drug-likeness (QED) is 0.772. The number of carbonyl (C=O) groups is 2. The van der Waals surface area contributed by atoms with E-state index in [9.17, 15) is 9.59 Å². The summed E-state index contributed by atoms with van der Waals surface area (Å²) in [6.45, 7) is 7.54. The van der Waals surface area contributed by atoms with Gasteiger partial charge in [0.2, 0.25) is 11.8 Å². The Kier molecular flexibility index (Phi) is 5.27. The van der Waals surface area contributed by atoms with Gasteiger partial charge in [0.25, 0.3) is 0 Å². The van der Waals surface area contributed by atoms with Crippen molar-refractivity contribution in [1.82, 2.24) is 0 Å². The molecule has 0 atom stereocenters. The zero-order chi connectivity index (χ0) is 15.3. The molecule has 0 radical (unpaired) electrons. The van der Waals surface area contributed by atoms with Crippen molar-refractivity contribution in [2.24, 2.45) is 11.1 Å². The first-order valence-electron chi connectivity index (χ1n) is 6.72. The van der Waals surface area contributed by atoms with E-state index in [1.165, 1.54) is 0 Å². The van der Waals surface area contributed by atoms with Crippen molar-refractivity contribution in [3.05, 3.63) is 23.8 Å². The zero-order valence-corrected chi connectivity index (χ0v) is 12.5. The Balaban J connectivity index is 2.92. The van der Waals surface area contributed by atoms with Crippen molar-refractivity contribution in [2.45, 2.75) is 34.1 Å². The first-order chi connectivity index (χ1) is 9.30. The summed E-state index contributed by atoms with van der Waals surface area (Å²) in [6.07, 6.45) is 0.412. The fraction of sp³-hybridized carbons (Fsp3) is 0.467. The lowest BCUT2D eigenvalue weighted by molar-refractivity contribution is -0.123. The van der Waals surface area contributed by atoms with E-state index in [0.29, 0.717) is 17.8 Å². The normalized spacial score (nSPS) is 11.1. The standard InChI is InChI=1S/C15H23N3O2/c1-5-13(19)17-11-7-6-10(2)12(8-11)18-14(20)15(3,4)9-16/h6-8H,5,9,16H2,1-4H3,(H,17,19)(H,18,20). The highest BCUT2D eigenvalue weighted by atomic mass is 16.2. The summed E-state index contributed by atoms with van der Waals surface area (Å²) in [6, 6.07) is 5.43. The number of nitrogens with two attached hydrogens (primary N) is 1. The van der Waals surface area contributed by atoms with Crippen molar-refractivity contribution in [3.63, 3.8) is 0 Å². The molecule has 0 aromatic heterocycles. The van der Waals surface area contributed by atoms with E-state index >= 15 is 0 Å². The van der Waals surface area contributed by atoms with E-state index in [-0.39, 0.29) is 18.4 Å². The fourth-order valence-electron chi connectivity index (χ4n) is 1.47. The number of rotatable bonds is 5. The molecule has 0 spiro atoms. The molecule has 0 bridgehead atoms. The smallest absolute Gasteiger partial charge is 0.231 e. The third-order valence-electron chi connectivity index (χ3n) is 3.22. The summed E-state index contributed by atoms with van der Waals surface area (Å²) in [4.78, 5) is 23.5. The van der Waals surface area contributed by atoms with Gasteiger partial charge in [-0.15, -0.1) is 0 Å². The van der Waals surface area contributed by atoms with Crippen LogP contribution in [-0.4, -0.2) is 18.4 Å². The highest BCUT2D eigenvalue weighted by molar-refractivity contribution is 5.97. The first kappa shape index (κ1) is 16.2. The minimum Gasteiger partial charge on any atom is -0.329 e. The fourth-order valence-corrected chi connectivity index (χ4v) is 1.47. The second kappa shape index (κ2) is 6.52. The predicted molar refractivity (Wildman–Crippen MR) is 81.6 cm³/mol. The molecule has 0 aliphatic rings. The Labute approximate surface area is 119 Å². The van der Waals surface area contributed by atoms with Gasteiger partial charge in [0.15, 0.2) is 0 Å². The molecule has 0 saturated carbocycles. The van der Waals surface area contributed by atoms with E-state index < -0.39 is 5.41 Å². The van der Waals surface area contributed by atoms with Gasteiger partial charge in [-0.25, -0.2) is 0 Å². The topological polar surface area (TPSA) is 84.2 Å². The van der Waals surface area contributed by atoms with Gasteiger partial charge >= 0.3 is 0 Å². The van der Waals surface area contributed by atoms with Gasteiger partial charge in [-0.1, -0.05) is 13.0 Å². The number of amides is 2. The highest BCUT2D eigenvalue weighted by Crippen LogP contribution is 2.23. The van der Waals surface area contributed by atoms with E-state index in [2.05, 4.69) is 10.6 Å². The maximum atomic E-state index is 12.1. The Hall–Kier alpha value is -1.88. The molecule has 0 aliphatic carbocycles. The molecule has 4 N–H and O–H groups in total. The average molecular weight is 277 g/mol. The van der Waals surface area contributed by atoms with Crippen LogP contribution in [0.25, 0.3) is 0 Å². The number of hydrogen-bond acceptors (Lipinski definition) is 3. The van der Waals surface area contributed by atoms with Crippen LogP contribution in [0.2, 0.25) is 0 Å². The maximum Gasteiger partial charge on any atom is 0.231 e. The highest BCUT2D eigenvalue weighted by Gasteiger charge is 2.26. The number of anilines is 2. The molecule has 0 heterocycles. The molecule has 1 aromatic carbocycles. The lowest BCUT2D eigenvalue weighted by Gasteiger charge is -2.22. The van der Waals surface area contributed by atoms with Crippen LogP contribution in [0.3, 0.4) is 0 Å². The molecule has 5 heteroatoms. The Morgan fingerprint density at radius 3 is 2.45 bits per heavy atom. The number of benzene rings is 1. The molecule has 1 rings (SSSR count). The van der Waals surface area contributed by atoms with Crippen LogP contribution in [-0.2, 0) is 9.59 Å². The minimum atomic E-state index is -0.630. The Morgan fingerprint density at radius 1 is 1.25 bits per heavy atom. The monoisotopic (exact) mass is 277 g/mol. The molecule has 0 aliphatic heterocycles. The predicted octanol–water partition coefficient (Wildman–Crippen LogP) is 2.27. The molecule has 2 amide bonds. The molecule has 110 valence electrons. The second-order valence-corrected chi connectivity index (χ2v) is 5.47. The van der Waals surface area contributed by atoms with Crippen molar-refractivity contribution >= 4 is 23.2 Å². The van der Waals surface area contributed by atoms with Crippen LogP contribution in [0, 0.1) is 12.3 Å². The van der Waals surface area contributed by atoms with Gasteiger partial charge in [-0.2, -0.15) is 0 Å². The minimum absolute atomic E-state index is 0.0617. The van der Waals surface area contributed by atoms with E-state index in [1.54, 1.807) is 26.8 Å². The first-order valence-corrected chi connectivity index (χ1v) is 6.72. The van der Waals surface area contributed by atoms with Gasteiger partial charge in [0, 0.05) is 24.3 Å². The van der Waals surface area contributed by atoms with Crippen LogP contribution < -0.4 is 16.4 Å². The van der Waals surface area contributed by atoms with Gasteiger partial charge in [-0.05, 0) is 38.5 Å². The third-order valence-corrected chi connectivity index (χ3v) is 3.22. The zero-order valence-electron chi connectivity index (χ0n) is 12.5. The summed E-state index contributed by atoms with van der Waals surface area (Å²) in [5, 5.41) is 5.63. The molecular weight excluding hydrogens is 254 g/mol. The molecule has 0 fully saturated rings. The molecule has 20 heavy (non-hydrogen) atoms.